The molecule has 52 heavy (non-hydrogen) atoms. The summed E-state index contributed by atoms with van der Waals surface area (Å²) in [7, 11) is 0. The van der Waals surface area contributed by atoms with Gasteiger partial charge in [0.2, 0.25) is 0 Å². The number of aliphatic hydroxyl groups excluding tert-OH is 1. The maximum absolute atomic E-state index is 12.4. The highest BCUT2D eigenvalue weighted by Crippen LogP contribution is 2.41. The Bertz CT molecular complexity index is 1400. The highest BCUT2D eigenvalue weighted by Gasteiger charge is 2.36. The predicted molar refractivity (Wildman–Crippen MR) is 227 cm³/mol. The molecule has 5 nitrogen and oxygen atoms in total. The van der Waals surface area contributed by atoms with Gasteiger partial charge in [-0.1, -0.05) is 161 Å². The van der Waals surface area contributed by atoms with Crippen LogP contribution in [0.1, 0.15) is 154 Å². The third-order valence-electron chi connectivity index (χ3n) is 8.03. The van der Waals surface area contributed by atoms with Gasteiger partial charge in [0.25, 0.3) is 0 Å². The van der Waals surface area contributed by atoms with Gasteiger partial charge >= 0.3 is 0 Å². The van der Waals surface area contributed by atoms with E-state index in [4.69, 9.17) is 31.2 Å². The molecule has 0 fully saturated rings. The fourth-order valence-electron chi connectivity index (χ4n) is 4.80. The van der Waals surface area contributed by atoms with E-state index in [1.165, 1.54) is 42.4 Å². The number of pyridine rings is 1. The lowest BCUT2D eigenvalue weighted by atomic mass is 9.85. The van der Waals surface area contributed by atoms with Gasteiger partial charge in [0.05, 0.1) is 18.0 Å². The van der Waals surface area contributed by atoms with Gasteiger partial charge in [-0.15, -0.1) is 0 Å². The molecule has 0 aliphatic carbocycles. The fraction of sp³-hybridized carbons (Fsp3) is 0.587. The first-order chi connectivity index (χ1) is 24.1. The summed E-state index contributed by atoms with van der Waals surface area (Å²) in [5.41, 5.74) is 8.40. The maximum Gasteiger partial charge on any atom is 0.176 e. The zero-order valence-corrected chi connectivity index (χ0v) is 36.6. The van der Waals surface area contributed by atoms with E-state index in [0.717, 1.165) is 34.7 Å². The Balaban J connectivity index is 0. The number of nitrogens with zero attached hydrogens (tertiary/aromatic N) is 1. The number of ketones is 1. The number of ether oxygens (including phenoxy) is 1. The molecule has 3 rings (SSSR count). The van der Waals surface area contributed by atoms with Crippen molar-refractivity contribution in [1.82, 2.24) is 4.98 Å². The van der Waals surface area contributed by atoms with Crippen molar-refractivity contribution in [2.75, 3.05) is 6.61 Å². The van der Waals surface area contributed by atoms with Gasteiger partial charge in [0.15, 0.2) is 11.9 Å². The van der Waals surface area contributed by atoms with E-state index < -0.39 is 6.10 Å². The summed E-state index contributed by atoms with van der Waals surface area (Å²) in [5.74, 6) is 0.864. The number of aldehydes is 1. The van der Waals surface area contributed by atoms with Crippen molar-refractivity contribution in [3.8, 4) is 17.0 Å². The first-order valence-electron chi connectivity index (χ1n) is 19.2. The number of aromatic nitrogens is 1. The first kappa shape index (κ1) is 51.1. The van der Waals surface area contributed by atoms with Crippen LogP contribution < -0.4 is 4.74 Å². The molecule has 294 valence electrons. The van der Waals surface area contributed by atoms with Gasteiger partial charge in [-0.05, 0) is 69.6 Å². The fourth-order valence-corrected chi connectivity index (χ4v) is 4.92. The highest BCUT2D eigenvalue weighted by atomic mass is 35.5. The van der Waals surface area contributed by atoms with Crippen LogP contribution >= 0.6 is 11.6 Å². The summed E-state index contributed by atoms with van der Waals surface area (Å²) < 4.78 is 6.06. The molecule has 0 bridgehead atoms. The molecule has 0 amide bonds. The Morgan fingerprint density at radius 2 is 1.48 bits per heavy atom. The average molecular weight is 741 g/mol. The van der Waals surface area contributed by atoms with Crippen LogP contribution in [0.15, 0.2) is 65.3 Å². The Labute approximate surface area is 324 Å². The van der Waals surface area contributed by atoms with E-state index in [1.807, 2.05) is 38.1 Å². The SMILES string of the molecule is C/C=C(C)\C=C(\C)C=C(C)CC.CC(C)C(=O)C1Cc2nc(-c3ccc(Cl)cc3)cc(C(C)(C)C)c2O1.CCCC.CCCC(C)(C)C.O=CCO. The topological polar surface area (TPSA) is 76.5 Å². The zero-order valence-electron chi connectivity index (χ0n) is 35.8. The molecule has 0 spiro atoms. The normalized spacial score (nSPS) is 14.2. The predicted octanol–water partition coefficient (Wildman–Crippen LogP) is 13.3. The molecule has 0 radical (unpaired) electrons. The molecule has 1 atom stereocenters. The largest absolute Gasteiger partial charge is 0.480 e. The Morgan fingerprint density at radius 3 is 1.85 bits per heavy atom. The van der Waals surface area contributed by atoms with Crippen molar-refractivity contribution >= 4 is 23.7 Å². The van der Waals surface area contributed by atoms with Crippen molar-refractivity contribution in [3.05, 3.63) is 81.6 Å². The van der Waals surface area contributed by atoms with Crippen molar-refractivity contribution in [2.45, 2.75) is 161 Å². The quantitative estimate of drug-likeness (QED) is 0.205. The highest BCUT2D eigenvalue weighted by molar-refractivity contribution is 6.30. The minimum Gasteiger partial charge on any atom is -0.480 e. The number of Topliss-reactive ketones (excluding diaryl/α,β-unsaturated/α-hetero) is 1. The summed E-state index contributed by atoms with van der Waals surface area (Å²) in [6.45, 7) is 34.0. The average Bonchev–Trinajstić information content (AvgIpc) is 3.51. The van der Waals surface area contributed by atoms with Crippen LogP contribution in [0, 0.1) is 11.3 Å². The third-order valence-corrected chi connectivity index (χ3v) is 8.29. The monoisotopic (exact) mass is 740 g/mol. The number of carbonyl (C=O) groups is 2. The van der Waals surface area contributed by atoms with Crippen LogP contribution in [0.2, 0.25) is 5.02 Å². The summed E-state index contributed by atoms with van der Waals surface area (Å²) in [6.07, 6.45) is 13.5. The second kappa shape index (κ2) is 26.7. The number of unbranched alkanes of at least 4 members (excludes halogenated alkanes) is 1. The van der Waals surface area contributed by atoms with Gasteiger partial charge in [-0.2, -0.15) is 0 Å². The molecular weight excluding hydrogens is 666 g/mol. The van der Waals surface area contributed by atoms with Crippen molar-refractivity contribution in [3.63, 3.8) is 0 Å². The molecule has 0 saturated carbocycles. The van der Waals surface area contributed by atoms with Crippen LogP contribution in [0.3, 0.4) is 0 Å². The second-order valence-electron chi connectivity index (χ2n) is 15.9. The van der Waals surface area contributed by atoms with Gasteiger partial charge in [0, 0.05) is 28.5 Å². The van der Waals surface area contributed by atoms with Crippen LogP contribution in [0.4, 0.5) is 0 Å². The Kier molecular flexibility index (Phi) is 26.2. The lowest BCUT2D eigenvalue weighted by Crippen LogP contribution is -2.29. The van der Waals surface area contributed by atoms with E-state index in [0.29, 0.717) is 23.1 Å². The molecule has 1 aliphatic rings. The van der Waals surface area contributed by atoms with Crippen LogP contribution in [-0.2, 0) is 21.4 Å². The van der Waals surface area contributed by atoms with Gasteiger partial charge in [0.1, 0.15) is 12.0 Å². The van der Waals surface area contributed by atoms with Crippen LogP contribution in [0.25, 0.3) is 11.3 Å². The van der Waals surface area contributed by atoms with Gasteiger partial charge < -0.3 is 14.6 Å². The smallest absolute Gasteiger partial charge is 0.176 e. The van der Waals surface area contributed by atoms with Gasteiger partial charge in [-0.25, -0.2) is 4.98 Å². The first-order valence-corrected chi connectivity index (χ1v) is 19.6. The molecule has 6 heteroatoms. The number of hydrogen-bond acceptors (Lipinski definition) is 5. The molecule has 0 saturated heterocycles. The molecule has 1 aromatic heterocycles. The minimum atomic E-state index is -0.427. The number of benzene rings is 1. The summed E-state index contributed by atoms with van der Waals surface area (Å²) in [4.78, 5) is 26.1. The van der Waals surface area contributed by atoms with Crippen LogP contribution in [-0.4, -0.2) is 34.9 Å². The standard InChI is InChI=1S/C21H24ClNO2.C12H20.C7H16.C4H10.C2H4O2/c1-12(2)19(24)18-11-17-20(25-18)15(21(3,4)5)10-16(23-17)13-6-8-14(22)9-7-13;1-6-10(3)8-12(5)9-11(4)7-2;1-5-6-7(2,3)4;1-3-4-2;3-1-2-4/h6-10,12,18H,11H2,1-5H3;6,8-9H,7H2,1-5H3;5-6H2,1-4H3;3-4H2,1-2H3;1,4H,2H2/b;10-6-,11-9?,12-8-;;;. The number of allylic oxidation sites excluding steroid dienone is 6. The molecule has 1 N–H and O–H groups in total. The second-order valence-corrected chi connectivity index (χ2v) is 16.3. The number of carbonyl (C=O) groups excluding carboxylic acids is 2. The van der Waals surface area contributed by atoms with Crippen LogP contribution in [0.5, 0.6) is 5.75 Å². The summed E-state index contributed by atoms with van der Waals surface area (Å²) >= 11 is 6.00. The number of fused-ring (bicyclic) bond motifs is 1. The van der Waals surface area contributed by atoms with E-state index in [9.17, 15) is 4.79 Å². The molecule has 1 aromatic carbocycles. The lowest BCUT2D eigenvalue weighted by molar-refractivity contribution is -0.128. The number of rotatable bonds is 9. The van der Waals surface area contributed by atoms with Crippen molar-refractivity contribution in [2.24, 2.45) is 11.3 Å². The van der Waals surface area contributed by atoms with Crippen molar-refractivity contribution in [1.29, 1.82) is 0 Å². The third kappa shape index (κ3) is 22.1. The zero-order chi connectivity index (χ0) is 40.7. The maximum atomic E-state index is 12.4. The number of halogens is 1. The van der Waals surface area contributed by atoms with Crippen molar-refractivity contribution < 1.29 is 19.4 Å². The van der Waals surface area contributed by atoms with Gasteiger partial charge in [-0.3, -0.25) is 4.79 Å². The minimum absolute atomic E-state index is 0.0480. The molecule has 1 unspecified atom stereocenters. The molecule has 2 aromatic rings. The number of aliphatic hydroxyl groups is 1. The number of hydrogen-bond donors (Lipinski definition) is 1. The van der Waals surface area contributed by atoms with E-state index in [1.54, 1.807) is 0 Å². The van der Waals surface area contributed by atoms with E-state index in [-0.39, 0.29) is 23.7 Å². The summed E-state index contributed by atoms with van der Waals surface area (Å²) in [5, 5.41) is 8.21. The van der Waals surface area contributed by atoms with E-state index in [2.05, 4.69) is 121 Å². The molecule has 1 aliphatic heterocycles. The van der Waals surface area contributed by atoms with E-state index >= 15 is 0 Å². The lowest BCUT2D eigenvalue weighted by Gasteiger charge is -2.23. The molecular formula is C46H74ClNO4. The Hall–Kier alpha value is -3.02. The Morgan fingerprint density at radius 1 is 0.942 bits per heavy atom. The molecule has 2 heterocycles. The summed E-state index contributed by atoms with van der Waals surface area (Å²) in [6, 6.07) is 9.74.